The molecule has 2 N–H and O–H groups in total. The molecule has 1 aliphatic heterocycles. The molecule has 0 unspecified atom stereocenters. The molecule has 70 valence electrons. The third-order valence-corrected chi connectivity index (χ3v) is 3.34. The molecule has 0 bridgehead atoms. The summed E-state index contributed by atoms with van der Waals surface area (Å²) >= 11 is 7.20. The molecule has 0 saturated carbocycles. The zero-order valence-corrected chi connectivity index (χ0v) is 8.44. The van der Waals surface area contributed by atoms with Crippen molar-refractivity contribution < 1.29 is 4.79 Å². The molecule has 1 fully saturated rings. The molecule has 1 aromatic heterocycles. The molecule has 5 heteroatoms. The van der Waals surface area contributed by atoms with Gasteiger partial charge in [0, 0.05) is 19.1 Å². The van der Waals surface area contributed by atoms with E-state index in [4.69, 9.17) is 17.3 Å². The number of halogens is 1. The van der Waals surface area contributed by atoms with Gasteiger partial charge in [0.25, 0.3) is 5.91 Å². The Hall–Kier alpha value is -0.580. The van der Waals surface area contributed by atoms with E-state index in [1.807, 2.05) is 5.38 Å². The van der Waals surface area contributed by atoms with Crippen LogP contribution in [0, 0.1) is 0 Å². The number of likely N-dealkylation sites (tertiary alicyclic amines) is 1. The van der Waals surface area contributed by atoms with Crippen LogP contribution in [-0.2, 0) is 0 Å². The van der Waals surface area contributed by atoms with Crippen molar-refractivity contribution in [3.63, 3.8) is 0 Å². The first-order valence-corrected chi connectivity index (χ1v) is 5.22. The fourth-order valence-corrected chi connectivity index (χ4v) is 2.37. The molecule has 0 radical (unpaired) electrons. The molecule has 13 heavy (non-hydrogen) atoms. The minimum absolute atomic E-state index is 0.00157. The summed E-state index contributed by atoms with van der Waals surface area (Å²) in [6.07, 6.45) is 0. The average molecular weight is 217 g/mol. The summed E-state index contributed by atoms with van der Waals surface area (Å²) in [6.45, 7) is 1.29. The van der Waals surface area contributed by atoms with Gasteiger partial charge in [-0.25, -0.2) is 0 Å². The summed E-state index contributed by atoms with van der Waals surface area (Å²) in [6, 6.07) is 1.88. The van der Waals surface area contributed by atoms with Crippen molar-refractivity contribution in [3.8, 4) is 0 Å². The summed E-state index contributed by atoms with van der Waals surface area (Å²) in [5, 5.41) is 2.35. The maximum atomic E-state index is 11.7. The molecule has 2 heterocycles. The van der Waals surface area contributed by atoms with Crippen LogP contribution in [0.2, 0.25) is 5.02 Å². The van der Waals surface area contributed by atoms with Crippen LogP contribution < -0.4 is 5.73 Å². The molecule has 1 aromatic rings. The number of amides is 1. The van der Waals surface area contributed by atoms with Gasteiger partial charge >= 0.3 is 0 Å². The second-order valence-electron chi connectivity index (χ2n) is 3.07. The number of carbonyl (C=O) groups is 1. The van der Waals surface area contributed by atoms with Gasteiger partial charge in [0.15, 0.2) is 0 Å². The normalized spacial score (nSPS) is 17.2. The minimum atomic E-state index is 0.00157. The van der Waals surface area contributed by atoms with Crippen LogP contribution in [0.3, 0.4) is 0 Å². The van der Waals surface area contributed by atoms with Crippen LogP contribution in [-0.4, -0.2) is 29.9 Å². The Morgan fingerprint density at radius 2 is 2.38 bits per heavy atom. The van der Waals surface area contributed by atoms with Gasteiger partial charge in [-0.3, -0.25) is 4.79 Å². The van der Waals surface area contributed by atoms with Crippen molar-refractivity contribution in [2.45, 2.75) is 6.04 Å². The second kappa shape index (κ2) is 3.29. The lowest BCUT2D eigenvalue weighted by Gasteiger charge is -2.36. The highest BCUT2D eigenvalue weighted by atomic mass is 35.5. The zero-order valence-electron chi connectivity index (χ0n) is 6.87. The Balaban J connectivity index is 2.10. The van der Waals surface area contributed by atoms with E-state index in [2.05, 4.69) is 0 Å². The summed E-state index contributed by atoms with van der Waals surface area (Å²) in [5.74, 6) is 0.00157. The van der Waals surface area contributed by atoms with E-state index in [1.54, 1.807) is 11.0 Å². The van der Waals surface area contributed by atoms with Crippen molar-refractivity contribution >= 4 is 28.8 Å². The van der Waals surface area contributed by atoms with Crippen LogP contribution in [0.1, 0.15) is 9.67 Å². The first-order chi connectivity index (χ1) is 6.18. The van der Waals surface area contributed by atoms with E-state index in [0.29, 0.717) is 23.0 Å². The number of carbonyl (C=O) groups excluding carboxylic acids is 1. The van der Waals surface area contributed by atoms with Gasteiger partial charge < -0.3 is 10.6 Å². The van der Waals surface area contributed by atoms with Crippen molar-refractivity contribution in [2.75, 3.05) is 13.1 Å². The van der Waals surface area contributed by atoms with E-state index in [9.17, 15) is 4.79 Å². The largest absolute Gasteiger partial charge is 0.335 e. The topological polar surface area (TPSA) is 46.3 Å². The average Bonchev–Trinajstić information content (AvgIpc) is 2.44. The monoisotopic (exact) mass is 216 g/mol. The zero-order chi connectivity index (χ0) is 9.42. The molecule has 2 rings (SSSR count). The number of hydrogen-bond donors (Lipinski definition) is 1. The summed E-state index contributed by atoms with van der Waals surface area (Å²) in [4.78, 5) is 14.0. The fourth-order valence-electron chi connectivity index (χ4n) is 1.27. The van der Waals surface area contributed by atoms with Gasteiger partial charge in [0.05, 0.1) is 5.02 Å². The molecule has 0 aliphatic carbocycles. The maximum absolute atomic E-state index is 11.7. The minimum Gasteiger partial charge on any atom is -0.335 e. The summed E-state index contributed by atoms with van der Waals surface area (Å²) in [7, 11) is 0. The van der Waals surface area contributed by atoms with Gasteiger partial charge in [-0.2, -0.15) is 0 Å². The third kappa shape index (κ3) is 1.57. The standard InChI is InChI=1S/C8H9ClN2OS/c9-6-1-2-13-7(6)8(12)11-3-5(10)4-11/h1-2,5H,3-4,10H2. The van der Waals surface area contributed by atoms with Crippen molar-refractivity contribution in [2.24, 2.45) is 5.73 Å². The molecular formula is C8H9ClN2OS. The van der Waals surface area contributed by atoms with Crippen molar-refractivity contribution in [3.05, 3.63) is 21.3 Å². The lowest BCUT2D eigenvalue weighted by atomic mass is 10.1. The first kappa shape index (κ1) is 8.99. The second-order valence-corrected chi connectivity index (χ2v) is 4.39. The summed E-state index contributed by atoms with van der Waals surface area (Å²) < 4.78 is 0. The number of thiophene rings is 1. The molecule has 0 atom stereocenters. The highest BCUT2D eigenvalue weighted by Gasteiger charge is 2.29. The van der Waals surface area contributed by atoms with E-state index in [0.717, 1.165) is 0 Å². The Morgan fingerprint density at radius 1 is 1.69 bits per heavy atom. The number of nitrogens with two attached hydrogens (primary N) is 1. The molecule has 3 nitrogen and oxygen atoms in total. The van der Waals surface area contributed by atoms with Crippen molar-refractivity contribution in [1.82, 2.24) is 4.90 Å². The molecular weight excluding hydrogens is 208 g/mol. The number of nitrogens with zero attached hydrogens (tertiary/aromatic N) is 1. The fraction of sp³-hybridized carbons (Fsp3) is 0.375. The highest BCUT2D eigenvalue weighted by Crippen LogP contribution is 2.25. The van der Waals surface area contributed by atoms with Crippen LogP contribution in [0.15, 0.2) is 11.4 Å². The van der Waals surface area contributed by atoms with Crippen LogP contribution in [0.4, 0.5) is 0 Å². The lowest BCUT2D eigenvalue weighted by molar-refractivity contribution is 0.0613. The van der Waals surface area contributed by atoms with Gasteiger partial charge in [0.2, 0.25) is 0 Å². The SMILES string of the molecule is NC1CN(C(=O)c2sccc2Cl)C1. The van der Waals surface area contributed by atoms with Gasteiger partial charge in [0.1, 0.15) is 4.88 Å². The highest BCUT2D eigenvalue weighted by molar-refractivity contribution is 7.12. The van der Waals surface area contributed by atoms with Gasteiger partial charge in [-0.1, -0.05) is 11.6 Å². The lowest BCUT2D eigenvalue weighted by Crippen LogP contribution is -2.57. The first-order valence-electron chi connectivity index (χ1n) is 3.96. The Labute approximate surface area is 85.1 Å². The van der Waals surface area contributed by atoms with Crippen molar-refractivity contribution in [1.29, 1.82) is 0 Å². The predicted octanol–water partition coefficient (Wildman–Crippen LogP) is 1.18. The quantitative estimate of drug-likeness (QED) is 0.767. The maximum Gasteiger partial charge on any atom is 0.265 e. The number of rotatable bonds is 1. The Bertz CT molecular complexity index is 333. The molecule has 0 aromatic carbocycles. The van der Waals surface area contributed by atoms with Gasteiger partial charge in [-0.15, -0.1) is 11.3 Å². The Morgan fingerprint density at radius 3 is 2.85 bits per heavy atom. The molecule has 0 spiro atoms. The van der Waals surface area contributed by atoms with E-state index >= 15 is 0 Å². The van der Waals surface area contributed by atoms with E-state index in [-0.39, 0.29) is 11.9 Å². The molecule has 1 saturated heterocycles. The van der Waals surface area contributed by atoms with E-state index in [1.165, 1.54) is 11.3 Å². The van der Waals surface area contributed by atoms with Crippen LogP contribution in [0.25, 0.3) is 0 Å². The van der Waals surface area contributed by atoms with E-state index < -0.39 is 0 Å². The Kier molecular flexibility index (Phi) is 2.27. The smallest absolute Gasteiger partial charge is 0.265 e. The molecule has 1 amide bonds. The van der Waals surface area contributed by atoms with Crippen LogP contribution in [0.5, 0.6) is 0 Å². The summed E-state index contributed by atoms with van der Waals surface area (Å²) in [5.41, 5.74) is 5.57. The van der Waals surface area contributed by atoms with Crippen LogP contribution >= 0.6 is 22.9 Å². The third-order valence-electron chi connectivity index (χ3n) is 2.01. The predicted molar refractivity (Wildman–Crippen MR) is 53.2 cm³/mol. The molecule has 1 aliphatic rings. The number of hydrogen-bond acceptors (Lipinski definition) is 3. The van der Waals surface area contributed by atoms with Gasteiger partial charge in [-0.05, 0) is 11.4 Å².